The summed E-state index contributed by atoms with van der Waals surface area (Å²) < 4.78 is 0. The lowest BCUT2D eigenvalue weighted by atomic mass is 9.88. The highest BCUT2D eigenvalue weighted by Crippen LogP contribution is 2.18. The van der Waals surface area contributed by atoms with E-state index in [0.29, 0.717) is 6.17 Å². The normalized spacial score (nSPS) is 19.9. The Hall–Kier alpha value is -0.160. The van der Waals surface area contributed by atoms with Crippen molar-refractivity contribution in [1.29, 1.82) is 0 Å². The minimum atomic E-state index is 0.0359. The smallest absolute Gasteiger partial charge is 0.0592 e. The summed E-state index contributed by atoms with van der Waals surface area (Å²) in [6.45, 7) is 6.14. The number of rotatable bonds is 5. The van der Waals surface area contributed by atoms with Gasteiger partial charge in [-0.3, -0.25) is 16.0 Å². The molecule has 1 fully saturated rings. The van der Waals surface area contributed by atoms with E-state index in [1.165, 1.54) is 0 Å². The molecule has 14 heavy (non-hydrogen) atoms. The lowest BCUT2D eigenvalue weighted by Crippen LogP contribution is -2.56. The number of nitrogens with one attached hydrogen (secondary N) is 3. The van der Waals surface area contributed by atoms with Crippen LogP contribution in [0.3, 0.4) is 0 Å². The lowest BCUT2D eigenvalue weighted by Gasteiger charge is -2.31. The number of hydrogen-bond acceptors (Lipinski definition) is 4. The van der Waals surface area contributed by atoms with Crippen LogP contribution < -0.4 is 21.7 Å². The average molecular weight is 200 g/mol. The molecular weight excluding hydrogens is 176 g/mol. The molecule has 0 aromatic rings. The van der Waals surface area contributed by atoms with Crippen molar-refractivity contribution in [3.63, 3.8) is 0 Å². The van der Waals surface area contributed by atoms with Gasteiger partial charge in [-0.1, -0.05) is 13.8 Å². The molecule has 4 nitrogen and oxygen atoms in total. The summed E-state index contributed by atoms with van der Waals surface area (Å²) in [5, 5.41) is 9.91. The summed E-state index contributed by atoms with van der Waals surface area (Å²) in [6.07, 6.45) is 4.75. The highest BCUT2D eigenvalue weighted by atomic mass is 15.3. The van der Waals surface area contributed by atoms with Gasteiger partial charge in [-0.2, -0.15) is 0 Å². The Balaban J connectivity index is 2.23. The van der Waals surface area contributed by atoms with Crippen molar-refractivity contribution in [2.75, 3.05) is 13.3 Å². The SMILES string of the molecule is CCC(N)(CC)CCC1NCNCN1. The first-order valence-electron chi connectivity index (χ1n) is 5.66. The third kappa shape index (κ3) is 3.53. The van der Waals surface area contributed by atoms with Crippen LogP contribution in [-0.4, -0.2) is 25.0 Å². The van der Waals surface area contributed by atoms with E-state index in [-0.39, 0.29) is 5.54 Å². The molecule has 0 bridgehead atoms. The summed E-state index contributed by atoms with van der Waals surface area (Å²) in [5.74, 6) is 0. The summed E-state index contributed by atoms with van der Waals surface area (Å²) in [5.41, 5.74) is 6.28. The second-order valence-corrected chi connectivity index (χ2v) is 4.17. The van der Waals surface area contributed by atoms with Crippen LogP contribution in [0.5, 0.6) is 0 Å². The van der Waals surface area contributed by atoms with Crippen molar-refractivity contribution in [2.24, 2.45) is 5.73 Å². The topological polar surface area (TPSA) is 62.1 Å². The summed E-state index contributed by atoms with van der Waals surface area (Å²) in [7, 11) is 0. The van der Waals surface area contributed by atoms with E-state index < -0.39 is 0 Å². The Morgan fingerprint density at radius 2 is 1.79 bits per heavy atom. The molecule has 0 radical (unpaired) electrons. The Morgan fingerprint density at radius 3 is 2.29 bits per heavy atom. The van der Waals surface area contributed by atoms with Crippen LogP contribution in [0.15, 0.2) is 0 Å². The summed E-state index contributed by atoms with van der Waals surface area (Å²) >= 11 is 0. The molecule has 1 saturated heterocycles. The van der Waals surface area contributed by atoms with Gasteiger partial charge in [-0.05, 0) is 25.7 Å². The van der Waals surface area contributed by atoms with Crippen molar-refractivity contribution in [2.45, 2.75) is 51.2 Å². The Labute approximate surface area is 87.0 Å². The molecule has 0 aromatic carbocycles. The van der Waals surface area contributed by atoms with E-state index in [1.807, 2.05) is 0 Å². The predicted octanol–water partition coefficient (Wildman–Crippen LogP) is 0.308. The van der Waals surface area contributed by atoms with Crippen LogP contribution in [0.4, 0.5) is 0 Å². The zero-order valence-electron chi connectivity index (χ0n) is 9.40. The standard InChI is InChI=1S/C10H24N4/c1-3-10(11,4-2)6-5-9-13-7-12-8-14-9/h9,12-14H,3-8,11H2,1-2H3. The molecule has 1 aliphatic rings. The molecular formula is C10H24N4. The Kier molecular flexibility index (Phi) is 4.81. The fourth-order valence-corrected chi connectivity index (χ4v) is 1.76. The maximum Gasteiger partial charge on any atom is 0.0592 e. The molecule has 0 spiro atoms. The monoisotopic (exact) mass is 200 g/mol. The van der Waals surface area contributed by atoms with Crippen LogP contribution in [0.2, 0.25) is 0 Å². The van der Waals surface area contributed by atoms with Crippen LogP contribution >= 0.6 is 0 Å². The van der Waals surface area contributed by atoms with Gasteiger partial charge in [-0.25, -0.2) is 0 Å². The maximum atomic E-state index is 6.24. The van der Waals surface area contributed by atoms with E-state index >= 15 is 0 Å². The molecule has 0 unspecified atom stereocenters. The van der Waals surface area contributed by atoms with Crippen molar-refractivity contribution in [3.8, 4) is 0 Å². The van der Waals surface area contributed by atoms with Crippen LogP contribution in [0, 0.1) is 0 Å². The largest absolute Gasteiger partial charge is 0.325 e. The first kappa shape index (κ1) is 11.9. The second-order valence-electron chi connectivity index (χ2n) is 4.17. The molecule has 5 N–H and O–H groups in total. The highest BCUT2D eigenvalue weighted by Gasteiger charge is 2.22. The van der Waals surface area contributed by atoms with E-state index in [4.69, 9.17) is 5.73 Å². The molecule has 0 amide bonds. The lowest BCUT2D eigenvalue weighted by molar-refractivity contribution is 0.274. The minimum Gasteiger partial charge on any atom is -0.325 e. The Morgan fingerprint density at radius 1 is 1.21 bits per heavy atom. The zero-order chi connectivity index (χ0) is 10.4. The molecule has 0 aromatic heterocycles. The fraction of sp³-hybridized carbons (Fsp3) is 1.00. The van der Waals surface area contributed by atoms with Gasteiger partial charge in [0.25, 0.3) is 0 Å². The molecule has 0 atom stereocenters. The molecule has 1 rings (SSSR count). The molecule has 1 heterocycles. The molecule has 84 valence electrons. The van der Waals surface area contributed by atoms with Gasteiger partial charge in [0, 0.05) is 18.9 Å². The number of hydrogen-bond donors (Lipinski definition) is 4. The second kappa shape index (κ2) is 5.66. The van der Waals surface area contributed by atoms with Gasteiger partial charge in [-0.15, -0.1) is 0 Å². The van der Waals surface area contributed by atoms with Crippen molar-refractivity contribution >= 4 is 0 Å². The predicted molar refractivity (Wildman–Crippen MR) is 59.7 cm³/mol. The van der Waals surface area contributed by atoms with Gasteiger partial charge in [0.15, 0.2) is 0 Å². The Bertz CT molecular complexity index is 150. The van der Waals surface area contributed by atoms with Crippen LogP contribution in [-0.2, 0) is 0 Å². The summed E-state index contributed by atoms with van der Waals surface area (Å²) in [4.78, 5) is 0. The van der Waals surface area contributed by atoms with Gasteiger partial charge < -0.3 is 5.73 Å². The molecule has 0 aliphatic carbocycles. The van der Waals surface area contributed by atoms with E-state index in [1.54, 1.807) is 0 Å². The van der Waals surface area contributed by atoms with E-state index in [9.17, 15) is 0 Å². The van der Waals surface area contributed by atoms with Crippen molar-refractivity contribution in [1.82, 2.24) is 16.0 Å². The van der Waals surface area contributed by atoms with E-state index in [0.717, 1.165) is 39.0 Å². The first-order valence-corrected chi connectivity index (χ1v) is 5.66. The number of nitrogens with two attached hydrogens (primary N) is 1. The van der Waals surface area contributed by atoms with Crippen LogP contribution in [0.1, 0.15) is 39.5 Å². The van der Waals surface area contributed by atoms with Crippen molar-refractivity contribution in [3.05, 3.63) is 0 Å². The minimum absolute atomic E-state index is 0.0359. The average Bonchev–Trinajstić information content (AvgIpc) is 2.27. The molecule has 4 heteroatoms. The van der Waals surface area contributed by atoms with E-state index in [2.05, 4.69) is 29.8 Å². The van der Waals surface area contributed by atoms with Crippen molar-refractivity contribution < 1.29 is 0 Å². The van der Waals surface area contributed by atoms with Gasteiger partial charge in [0.1, 0.15) is 0 Å². The quantitative estimate of drug-likeness (QED) is 0.516. The first-order chi connectivity index (χ1) is 6.70. The molecule has 0 saturated carbocycles. The van der Waals surface area contributed by atoms with Gasteiger partial charge >= 0.3 is 0 Å². The third-order valence-corrected chi connectivity index (χ3v) is 3.29. The van der Waals surface area contributed by atoms with Crippen LogP contribution in [0.25, 0.3) is 0 Å². The van der Waals surface area contributed by atoms with Gasteiger partial charge in [0.05, 0.1) is 6.17 Å². The summed E-state index contributed by atoms with van der Waals surface area (Å²) in [6, 6.07) is 0. The highest BCUT2D eigenvalue weighted by molar-refractivity contribution is 4.83. The maximum absolute atomic E-state index is 6.24. The molecule has 1 aliphatic heterocycles. The zero-order valence-corrected chi connectivity index (χ0v) is 9.40. The fourth-order valence-electron chi connectivity index (χ4n) is 1.76. The van der Waals surface area contributed by atoms with Gasteiger partial charge in [0.2, 0.25) is 0 Å². The third-order valence-electron chi connectivity index (χ3n) is 3.29.